The number of aromatic nitrogens is 2. The van der Waals surface area contributed by atoms with Crippen LogP contribution >= 0.6 is 0 Å². The van der Waals surface area contributed by atoms with Crippen LogP contribution in [0.5, 0.6) is 11.5 Å². The van der Waals surface area contributed by atoms with Gasteiger partial charge in [0.25, 0.3) is 0 Å². The van der Waals surface area contributed by atoms with Crippen molar-refractivity contribution in [3.63, 3.8) is 0 Å². The molecule has 0 radical (unpaired) electrons. The topological polar surface area (TPSA) is 81.5 Å². The second kappa shape index (κ2) is 10.9. The Hall–Kier alpha value is -2.91. The Morgan fingerprint density at radius 3 is 2.06 bits per heavy atom. The molecular formula is C21H24F4N2O4. The predicted molar refractivity (Wildman–Crippen MR) is 104 cm³/mol. The van der Waals surface area contributed by atoms with Crippen LogP contribution in [0.4, 0.5) is 17.6 Å². The van der Waals surface area contributed by atoms with Gasteiger partial charge in [-0.2, -0.15) is 17.6 Å². The molecule has 0 aliphatic carbocycles. The fourth-order valence-corrected chi connectivity index (χ4v) is 2.67. The van der Waals surface area contributed by atoms with Crippen molar-refractivity contribution in [2.24, 2.45) is 0 Å². The quantitative estimate of drug-likeness (QED) is 0.340. The lowest BCUT2D eigenvalue weighted by atomic mass is 10.1. The number of alkyl halides is 4. The van der Waals surface area contributed by atoms with E-state index in [1.165, 1.54) is 50.2 Å². The number of carboxylic acids is 1. The Kier molecular flexibility index (Phi) is 8.58. The average molecular weight is 444 g/mol. The van der Waals surface area contributed by atoms with E-state index in [9.17, 15) is 22.4 Å². The molecule has 1 aromatic heterocycles. The van der Waals surface area contributed by atoms with E-state index in [1.54, 1.807) is 0 Å². The maximum absolute atomic E-state index is 13.8. The zero-order chi connectivity index (χ0) is 22.9. The molecule has 6 nitrogen and oxygen atoms in total. The molecule has 0 spiro atoms. The molecule has 10 heteroatoms. The van der Waals surface area contributed by atoms with Gasteiger partial charge in [0.1, 0.15) is 5.75 Å². The molecular weight excluding hydrogens is 420 g/mol. The summed E-state index contributed by atoms with van der Waals surface area (Å²) in [5.41, 5.74) is 0.418. The molecule has 1 atom stereocenters. The molecule has 0 saturated heterocycles. The van der Waals surface area contributed by atoms with Crippen molar-refractivity contribution in [2.75, 3.05) is 6.61 Å². The zero-order valence-electron chi connectivity index (χ0n) is 17.0. The molecule has 0 saturated carbocycles. The van der Waals surface area contributed by atoms with E-state index in [-0.39, 0.29) is 5.82 Å². The first-order chi connectivity index (χ1) is 14.7. The van der Waals surface area contributed by atoms with Crippen molar-refractivity contribution < 1.29 is 36.9 Å². The van der Waals surface area contributed by atoms with Crippen molar-refractivity contribution in [3.8, 4) is 22.9 Å². The lowest BCUT2D eigenvalue weighted by Crippen LogP contribution is -2.52. The number of aliphatic carboxylic acids is 1. The first-order valence-corrected chi connectivity index (χ1v) is 9.90. The summed E-state index contributed by atoms with van der Waals surface area (Å²) in [6.45, 7) is 2.71. The smallest absolute Gasteiger partial charge is 0.472 e. The van der Waals surface area contributed by atoms with E-state index in [0.29, 0.717) is 17.9 Å². The third-order valence-corrected chi connectivity index (χ3v) is 4.41. The summed E-state index contributed by atoms with van der Waals surface area (Å²) in [5, 5.41) is 8.56. The summed E-state index contributed by atoms with van der Waals surface area (Å²) in [5.74, 6) is -7.49. The van der Waals surface area contributed by atoms with Gasteiger partial charge in [-0.05, 0) is 30.7 Å². The number of rotatable bonds is 12. The molecule has 31 heavy (non-hydrogen) atoms. The first-order valence-electron chi connectivity index (χ1n) is 9.90. The van der Waals surface area contributed by atoms with E-state index < -0.39 is 23.7 Å². The highest BCUT2D eigenvalue weighted by Crippen LogP contribution is 2.36. The molecule has 0 bridgehead atoms. The van der Waals surface area contributed by atoms with Crippen LogP contribution < -0.4 is 9.47 Å². The molecule has 0 aliphatic heterocycles. The second-order valence-electron chi connectivity index (χ2n) is 6.88. The van der Waals surface area contributed by atoms with Gasteiger partial charge in [0.05, 0.1) is 19.0 Å². The minimum Gasteiger partial charge on any atom is -0.490 e. The Morgan fingerprint density at radius 2 is 1.52 bits per heavy atom. The number of carbonyl (C=O) groups is 1. The minimum absolute atomic E-state index is 0.263. The minimum atomic E-state index is -5.74. The number of unbranched alkanes of at least 4 members (excludes halogenated alkanes) is 5. The van der Waals surface area contributed by atoms with Crippen molar-refractivity contribution in [2.45, 2.75) is 57.5 Å². The largest absolute Gasteiger partial charge is 0.490 e. The number of carboxylic acid groups (broad SMARTS) is 1. The van der Waals surface area contributed by atoms with Gasteiger partial charge in [-0.3, -0.25) is 0 Å². The number of hydrogen-bond donors (Lipinski definition) is 1. The molecule has 1 N–H and O–H groups in total. The van der Waals surface area contributed by atoms with Gasteiger partial charge < -0.3 is 14.6 Å². The van der Waals surface area contributed by atoms with Crippen LogP contribution in [0.2, 0.25) is 0 Å². The third kappa shape index (κ3) is 6.80. The van der Waals surface area contributed by atoms with Crippen molar-refractivity contribution >= 4 is 5.97 Å². The van der Waals surface area contributed by atoms with Crippen molar-refractivity contribution in [1.82, 2.24) is 9.97 Å². The molecule has 1 heterocycles. The fraction of sp³-hybridized carbons (Fsp3) is 0.476. The highest BCUT2D eigenvalue weighted by Gasteiger charge is 2.66. The van der Waals surface area contributed by atoms with E-state index >= 15 is 0 Å². The number of hydrogen-bond acceptors (Lipinski definition) is 5. The summed E-state index contributed by atoms with van der Waals surface area (Å²) in [6.07, 6.45) is 4.05. The van der Waals surface area contributed by atoms with Crippen LogP contribution in [0.25, 0.3) is 11.4 Å². The molecule has 2 aromatic rings. The Balaban J connectivity index is 1.92. The Morgan fingerprint density at radius 1 is 0.935 bits per heavy atom. The van der Waals surface area contributed by atoms with Crippen LogP contribution in [-0.4, -0.2) is 39.7 Å². The summed E-state index contributed by atoms with van der Waals surface area (Å²) in [7, 11) is 0. The monoisotopic (exact) mass is 444 g/mol. The SMILES string of the molecule is CCCCCCCCOc1cnc(-c2ccc(OC(F)(C(=O)O)C(F)(F)F)cc2)nc1. The summed E-state index contributed by atoms with van der Waals surface area (Å²) >= 11 is 0. The Labute approximate surface area is 177 Å². The molecule has 1 aromatic carbocycles. The van der Waals surface area contributed by atoms with Crippen LogP contribution in [0, 0.1) is 0 Å². The van der Waals surface area contributed by atoms with Crippen LogP contribution in [0.1, 0.15) is 45.4 Å². The van der Waals surface area contributed by atoms with Crippen molar-refractivity contribution in [3.05, 3.63) is 36.7 Å². The highest BCUT2D eigenvalue weighted by molar-refractivity contribution is 5.77. The maximum atomic E-state index is 13.8. The molecule has 170 valence electrons. The van der Waals surface area contributed by atoms with Gasteiger partial charge in [-0.25, -0.2) is 14.8 Å². The predicted octanol–water partition coefficient (Wildman–Crippen LogP) is 5.57. The maximum Gasteiger partial charge on any atom is 0.472 e. The summed E-state index contributed by atoms with van der Waals surface area (Å²) in [6, 6.07) is 4.59. The standard InChI is InChI=1S/C21H24F4N2O4/c1-2-3-4-5-6-7-12-30-17-13-26-18(27-14-17)15-8-10-16(11-9-15)31-20(22,19(28)29)21(23,24)25/h8-11,13-14H,2-7,12H2,1H3,(H,28,29). The van der Waals surface area contributed by atoms with E-state index in [1.807, 2.05) is 0 Å². The lowest BCUT2D eigenvalue weighted by molar-refractivity contribution is -0.295. The normalized spacial score (nSPS) is 13.5. The average Bonchev–Trinajstić information content (AvgIpc) is 2.73. The zero-order valence-corrected chi connectivity index (χ0v) is 17.0. The van der Waals surface area contributed by atoms with E-state index in [2.05, 4.69) is 21.6 Å². The molecule has 1 unspecified atom stereocenters. The van der Waals surface area contributed by atoms with E-state index in [0.717, 1.165) is 25.0 Å². The third-order valence-electron chi connectivity index (χ3n) is 4.41. The van der Waals surface area contributed by atoms with E-state index in [4.69, 9.17) is 9.84 Å². The summed E-state index contributed by atoms with van der Waals surface area (Å²) in [4.78, 5) is 19.0. The van der Waals surface area contributed by atoms with Gasteiger partial charge in [0, 0.05) is 5.56 Å². The molecule has 0 aliphatic rings. The van der Waals surface area contributed by atoms with Gasteiger partial charge >= 0.3 is 18.0 Å². The van der Waals surface area contributed by atoms with Gasteiger partial charge in [0.15, 0.2) is 11.6 Å². The molecule has 0 amide bonds. The number of benzene rings is 1. The lowest BCUT2D eigenvalue weighted by Gasteiger charge is -2.24. The molecule has 0 fully saturated rings. The Bertz CT molecular complexity index is 829. The molecule has 2 rings (SSSR count). The number of halogens is 4. The highest BCUT2D eigenvalue weighted by atomic mass is 19.4. The van der Waals surface area contributed by atoms with Gasteiger partial charge in [0.2, 0.25) is 0 Å². The number of ether oxygens (including phenoxy) is 2. The summed E-state index contributed by atoms with van der Waals surface area (Å²) < 4.78 is 61.5. The van der Waals surface area contributed by atoms with Gasteiger partial charge in [-0.15, -0.1) is 0 Å². The second-order valence-corrected chi connectivity index (χ2v) is 6.88. The van der Waals surface area contributed by atoms with Crippen molar-refractivity contribution in [1.29, 1.82) is 0 Å². The fourth-order valence-electron chi connectivity index (χ4n) is 2.67. The number of nitrogens with zero attached hydrogens (tertiary/aromatic N) is 2. The van der Waals surface area contributed by atoms with Crippen LogP contribution in [0.3, 0.4) is 0 Å². The first kappa shape index (κ1) is 24.4. The van der Waals surface area contributed by atoms with Crippen LogP contribution in [0.15, 0.2) is 36.7 Å². The van der Waals surface area contributed by atoms with Crippen LogP contribution in [-0.2, 0) is 4.79 Å². The van der Waals surface area contributed by atoms with Gasteiger partial charge in [-0.1, -0.05) is 39.0 Å².